The van der Waals surface area contributed by atoms with Gasteiger partial charge in [-0.25, -0.2) is 4.98 Å². The smallest absolute Gasteiger partial charge is 0.224 e. The molecular weight excluding hydrogens is 199 g/mol. The van der Waals surface area contributed by atoms with Crippen molar-refractivity contribution in [1.29, 1.82) is 0 Å². The summed E-state index contributed by atoms with van der Waals surface area (Å²) in [4.78, 5) is 16.4. The van der Waals surface area contributed by atoms with Crippen LogP contribution in [-0.4, -0.2) is 17.8 Å². The third kappa shape index (κ3) is 2.89. The first-order valence-electron chi connectivity index (χ1n) is 4.06. The van der Waals surface area contributed by atoms with Crippen LogP contribution in [-0.2, 0) is 0 Å². The molecule has 0 aliphatic carbocycles. The second-order valence-electron chi connectivity index (χ2n) is 2.54. The normalized spacial score (nSPS) is 9.93. The molecule has 76 valence electrons. The maximum Gasteiger partial charge on any atom is 0.224 e. The Morgan fingerprint density at radius 3 is 3.13 bits per heavy atom. The van der Waals surface area contributed by atoms with Gasteiger partial charge in [0.15, 0.2) is 6.29 Å². The van der Waals surface area contributed by atoms with Crippen molar-refractivity contribution in [2.24, 2.45) is 5.11 Å². The van der Waals surface area contributed by atoms with Gasteiger partial charge in [-0.3, -0.25) is 4.79 Å². The summed E-state index contributed by atoms with van der Waals surface area (Å²) in [6.07, 6.45) is 4.69. The van der Waals surface area contributed by atoms with E-state index in [-0.39, 0.29) is 12.1 Å². The fourth-order valence-corrected chi connectivity index (χ4v) is 0.987. The Hall–Kier alpha value is -2.20. The minimum Gasteiger partial charge on any atom is -0.298 e. The molecule has 1 aromatic rings. The maximum atomic E-state index is 13.0. The Balaban J connectivity index is 2.93. The molecule has 5 nitrogen and oxygen atoms in total. The first-order valence-corrected chi connectivity index (χ1v) is 4.06. The van der Waals surface area contributed by atoms with Crippen molar-refractivity contribution in [3.63, 3.8) is 0 Å². The van der Waals surface area contributed by atoms with Gasteiger partial charge in [0.1, 0.15) is 0 Å². The molecule has 0 unspecified atom stereocenters. The van der Waals surface area contributed by atoms with E-state index >= 15 is 0 Å². The molecule has 0 aliphatic rings. The van der Waals surface area contributed by atoms with Crippen LogP contribution in [0.3, 0.4) is 0 Å². The fraction of sp³-hybridized carbons (Fsp3) is 0.111. The molecule has 6 heteroatoms. The zero-order valence-corrected chi connectivity index (χ0v) is 7.67. The molecule has 0 fully saturated rings. The number of rotatable bonds is 4. The van der Waals surface area contributed by atoms with Crippen molar-refractivity contribution in [3.05, 3.63) is 45.9 Å². The fourth-order valence-electron chi connectivity index (χ4n) is 0.987. The number of pyridine rings is 1. The van der Waals surface area contributed by atoms with Crippen LogP contribution in [0, 0.1) is 5.95 Å². The monoisotopic (exact) mass is 206 g/mol. The molecule has 1 rings (SSSR count). The van der Waals surface area contributed by atoms with Crippen LogP contribution in [0.25, 0.3) is 16.5 Å². The molecule has 15 heavy (non-hydrogen) atoms. The first kappa shape index (κ1) is 10.9. The molecule has 0 N–H and O–H groups in total. The highest BCUT2D eigenvalue weighted by molar-refractivity contribution is 5.81. The highest BCUT2D eigenvalue weighted by Crippen LogP contribution is 2.10. The van der Waals surface area contributed by atoms with Gasteiger partial charge in [-0.15, -0.1) is 0 Å². The molecule has 1 heterocycles. The lowest BCUT2D eigenvalue weighted by Gasteiger charge is -1.97. The van der Waals surface area contributed by atoms with Gasteiger partial charge >= 0.3 is 0 Å². The first-order chi connectivity index (χ1) is 7.29. The van der Waals surface area contributed by atoms with Crippen molar-refractivity contribution >= 4 is 12.4 Å². The van der Waals surface area contributed by atoms with Crippen LogP contribution in [0.1, 0.15) is 15.9 Å². The van der Waals surface area contributed by atoms with E-state index in [2.05, 4.69) is 15.0 Å². The summed E-state index contributed by atoms with van der Waals surface area (Å²) in [5, 5.41) is 3.26. The maximum absolute atomic E-state index is 13.0. The van der Waals surface area contributed by atoms with E-state index in [0.717, 1.165) is 0 Å². The van der Waals surface area contributed by atoms with Crippen LogP contribution in [0.5, 0.6) is 0 Å². The molecule has 0 spiro atoms. The van der Waals surface area contributed by atoms with Gasteiger partial charge < -0.3 is 0 Å². The second kappa shape index (κ2) is 5.51. The van der Waals surface area contributed by atoms with E-state index < -0.39 is 5.95 Å². The molecule has 0 aromatic carbocycles. The molecule has 0 amide bonds. The number of nitrogens with zero attached hydrogens (tertiary/aromatic N) is 4. The minimum absolute atomic E-state index is 0.102. The lowest BCUT2D eigenvalue weighted by Crippen LogP contribution is -1.94. The van der Waals surface area contributed by atoms with Crippen LogP contribution >= 0.6 is 0 Å². The Morgan fingerprint density at radius 2 is 2.47 bits per heavy atom. The number of azide groups is 1. The molecule has 0 atom stereocenters. The van der Waals surface area contributed by atoms with Crippen molar-refractivity contribution in [2.75, 3.05) is 6.54 Å². The number of carbonyl (C=O) groups excluding carboxylic acids is 1. The molecule has 0 saturated heterocycles. The van der Waals surface area contributed by atoms with Crippen LogP contribution in [0.2, 0.25) is 0 Å². The summed E-state index contributed by atoms with van der Waals surface area (Å²) in [6, 6.07) is 1.50. The van der Waals surface area contributed by atoms with E-state index in [1.807, 2.05) is 0 Å². The second-order valence-corrected chi connectivity index (χ2v) is 2.54. The Bertz CT molecular complexity index is 438. The topological polar surface area (TPSA) is 78.7 Å². The minimum atomic E-state index is -0.809. The number of aromatic nitrogens is 1. The standard InChI is InChI=1S/C9H7FN4O/c10-9-8(6-15)7(3-5-12-9)2-1-4-13-14-11/h1-3,5-6H,4H2. The molecular formula is C9H7FN4O. The van der Waals surface area contributed by atoms with Crippen molar-refractivity contribution in [2.45, 2.75) is 0 Å². The SMILES string of the molecule is [N-]=[N+]=NCC=Cc1ccnc(F)c1C=O. The lowest BCUT2D eigenvalue weighted by molar-refractivity contribution is 0.111. The van der Waals surface area contributed by atoms with E-state index in [9.17, 15) is 9.18 Å². The average molecular weight is 206 g/mol. The Morgan fingerprint density at radius 1 is 1.67 bits per heavy atom. The Labute approximate surface area is 84.9 Å². The van der Waals surface area contributed by atoms with E-state index in [1.54, 1.807) is 0 Å². The molecule has 0 saturated carbocycles. The summed E-state index contributed by atoms with van der Waals surface area (Å²) in [5.74, 6) is -0.809. The third-order valence-corrected chi connectivity index (χ3v) is 1.64. The number of carbonyl (C=O) groups is 1. The van der Waals surface area contributed by atoms with Gasteiger partial charge in [0.25, 0.3) is 0 Å². The average Bonchev–Trinajstić information content (AvgIpc) is 2.24. The quantitative estimate of drug-likeness (QED) is 0.249. The molecule has 1 aromatic heterocycles. The van der Waals surface area contributed by atoms with Gasteiger partial charge in [-0.05, 0) is 17.2 Å². The summed E-state index contributed by atoms with van der Waals surface area (Å²) in [6.45, 7) is 0.152. The largest absolute Gasteiger partial charge is 0.298 e. The van der Waals surface area contributed by atoms with Crippen LogP contribution in [0.15, 0.2) is 23.5 Å². The van der Waals surface area contributed by atoms with Crippen molar-refractivity contribution in [1.82, 2.24) is 4.98 Å². The zero-order chi connectivity index (χ0) is 11.1. The van der Waals surface area contributed by atoms with E-state index in [0.29, 0.717) is 11.8 Å². The van der Waals surface area contributed by atoms with E-state index in [1.165, 1.54) is 24.4 Å². The van der Waals surface area contributed by atoms with Gasteiger partial charge in [0, 0.05) is 17.7 Å². The number of hydrogen-bond acceptors (Lipinski definition) is 3. The van der Waals surface area contributed by atoms with Gasteiger partial charge in [0.2, 0.25) is 5.95 Å². The van der Waals surface area contributed by atoms with Crippen LogP contribution in [0.4, 0.5) is 4.39 Å². The van der Waals surface area contributed by atoms with Crippen LogP contribution < -0.4 is 0 Å². The molecule has 0 aliphatic heterocycles. The summed E-state index contributed by atoms with van der Waals surface area (Å²) >= 11 is 0. The van der Waals surface area contributed by atoms with Gasteiger partial charge in [-0.2, -0.15) is 4.39 Å². The summed E-state index contributed by atoms with van der Waals surface area (Å²) in [5.41, 5.74) is 8.31. The van der Waals surface area contributed by atoms with Crippen molar-refractivity contribution < 1.29 is 9.18 Å². The highest BCUT2D eigenvalue weighted by Gasteiger charge is 2.05. The van der Waals surface area contributed by atoms with Crippen molar-refractivity contribution in [3.8, 4) is 0 Å². The molecule has 0 radical (unpaired) electrons. The van der Waals surface area contributed by atoms with Gasteiger partial charge in [0.05, 0.1) is 5.56 Å². The number of halogens is 1. The number of aldehydes is 1. The zero-order valence-electron chi connectivity index (χ0n) is 7.67. The van der Waals surface area contributed by atoms with E-state index in [4.69, 9.17) is 5.53 Å². The third-order valence-electron chi connectivity index (χ3n) is 1.64. The van der Waals surface area contributed by atoms with Gasteiger partial charge in [-0.1, -0.05) is 17.3 Å². The summed E-state index contributed by atoms with van der Waals surface area (Å²) < 4.78 is 13.0. The number of hydrogen-bond donors (Lipinski definition) is 0. The Kier molecular flexibility index (Phi) is 4.00. The highest BCUT2D eigenvalue weighted by atomic mass is 19.1. The lowest BCUT2D eigenvalue weighted by atomic mass is 10.1. The predicted molar refractivity (Wildman–Crippen MR) is 52.6 cm³/mol. The predicted octanol–water partition coefficient (Wildman–Crippen LogP) is 2.36. The molecule has 0 bridgehead atoms. The summed E-state index contributed by atoms with van der Waals surface area (Å²) in [7, 11) is 0.